The van der Waals surface area contributed by atoms with Gasteiger partial charge in [-0.2, -0.15) is 13.2 Å². The summed E-state index contributed by atoms with van der Waals surface area (Å²) < 4.78 is 46.0. The Bertz CT molecular complexity index is 713. The van der Waals surface area contributed by atoms with Gasteiger partial charge in [-0.25, -0.2) is 4.79 Å². The minimum Gasteiger partial charge on any atom is -0.445 e. The maximum absolute atomic E-state index is 13.6. The van der Waals surface area contributed by atoms with Crippen LogP contribution in [0.4, 0.5) is 18.0 Å². The van der Waals surface area contributed by atoms with Crippen LogP contribution in [0.2, 0.25) is 0 Å². The molecule has 0 aromatic heterocycles. The first-order valence-electron chi connectivity index (χ1n) is 9.41. The molecule has 1 aromatic carbocycles. The number of likely N-dealkylation sites (tertiary alicyclic amines) is 1. The third-order valence-corrected chi connectivity index (χ3v) is 5.85. The van der Waals surface area contributed by atoms with Crippen LogP contribution in [0.15, 0.2) is 35.5 Å². The lowest BCUT2D eigenvalue weighted by atomic mass is 9.74. The number of ether oxygens (including phenoxy) is 1. The van der Waals surface area contributed by atoms with E-state index in [2.05, 4.69) is 5.16 Å². The number of carbonyl (C=O) groups is 1. The average Bonchev–Trinajstić information content (AvgIpc) is 2.92. The number of amides is 1. The number of benzene rings is 1. The second-order valence-electron chi connectivity index (χ2n) is 7.67. The number of alkyl halides is 3. The Morgan fingerprint density at radius 3 is 2.46 bits per heavy atom. The van der Waals surface area contributed by atoms with Crippen LogP contribution in [0.25, 0.3) is 0 Å². The summed E-state index contributed by atoms with van der Waals surface area (Å²) in [5.41, 5.74) is 0.287. The Balaban J connectivity index is 1.64. The van der Waals surface area contributed by atoms with E-state index >= 15 is 0 Å². The van der Waals surface area contributed by atoms with E-state index < -0.39 is 29.5 Å². The van der Waals surface area contributed by atoms with E-state index in [0.717, 1.165) is 5.56 Å². The van der Waals surface area contributed by atoms with Crippen LogP contribution in [0.1, 0.15) is 31.7 Å². The molecule has 0 bridgehead atoms. The van der Waals surface area contributed by atoms with Gasteiger partial charge in [-0.05, 0) is 30.7 Å². The van der Waals surface area contributed by atoms with E-state index in [9.17, 15) is 18.0 Å². The molecule has 3 rings (SSSR count). The number of rotatable bonds is 3. The normalized spacial score (nSPS) is 25.9. The van der Waals surface area contributed by atoms with Gasteiger partial charge in [-0.15, -0.1) is 0 Å². The van der Waals surface area contributed by atoms with Crippen molar-refractivity contribution in [3.05, 3.63) is 35.9 Å². The summed E-state index contributed by atoms with van der Waals surface area (Å²) in [7, 11) is 1.27. The molecule has 2 fully saturated rings. The van der Waals surface area contributed by atoms with Crippen LogP contribution >= 0.6 is 0 Å². The molecule has 0 unspecified atom stereocenters. The van der Waals surface area contributed by atoms with E-state index in [0.29, 0.717) is 32.4 Å². The van der Waals surface area contributed by atoms with Crippen molar-refractivity contribution < 1.29 is 27.5 Å². The third kappa shape index (κ3) is 4.10. The summed E-state index contributed by atoms with van der Waals surface area (Å²) in [6, 6.07) is 9.34. The fourth-order valence-electron chi connectivity index (χ4n) is 4.56. The maximum atomic E-state index is 13.6. The van der Waals surface area contributed by atoms with Gasteiger partial charge >= 0.3 is 12.3 Å². The lowest BCUT2D eigenvalue weighted by Crippen LogP contribution is -2.46. The number of piperidine rings is 1. The zero-order valence-corrected chi connectivity index (χ0v) is 16.0. The average molecular weight is 398 g/mol. The van der Waals surface area contributed by atoms with Crippen LogP contribution in [0, 0.1) is 17.3 Å². The number of hydrogen-bond donors (Lipinski definition) is 0. The Hall–Kier alpha value is -2.25. The van der Waals surface area contributed by atoms with Crippen LogP contribution in [0.3, 0.4) is 0 Å². The molecule has 1 aliphatic carbocycles. The Morgan fingerprint density at radius 2 is 1.89 bits per heavy atom. The molecule has 1 amide bonds. The fraction of sp³-hybridized carbons (Fsp3) is 0.600. The van der Waals surface area contributed by atoms with E-state index in [-0.39, 0.29) is 12.3 Å². The highest BCUT2D eigenvalue weighted by molar-refractivity contribution is 5.95. The summed E-state index contributed by atoms with van der Waals surface area (Å²) in [6.45, 7) is 2.46. The van der Waals surface area contributed by atoms with E-state index in [4.69, 9.17) is 9.57 Å². The zero-order valence-electron chi connectivity index (χ0n) is 16.0. The van der Waals surface area contributed by atoms with Crippen LogP contribution in [-0.4, -0.2) is 43.1 Å². The van der Waals surface area contributed by atoms with Crippen molar-refractivity contribution in [3.8, 4) is 0 Å². The van der Waals surface area contributed by atoms with Crippen molar-refractivity contribution in [3.63, 3.8) is 0 Å². The molecule has 8 heteroatoms. The molecule has 2 aliphatic rings. The zero-order chi connectivity index (χ0) is 20.4. The first kappa shape index (κ1) is 20.5. The van der Waals surface area contributed by atoms with Gasteiger partial charge in [-0.3, -0.25) is 0 Å². The molecule has 28 heavy (non-hydrogen) atoms. The summed E-state index contributed by atoms with van der Waals surface area (Å²) in [5, 5.41) is 3.81. The fourth-order valence-corrected chi connectivity index (χ4v) is 4.56. The second-order valence-corrected chi connectivity index (χ2v) is 7.67. The van der Waals surface area contributed by atoms with Gasteiger partial charge < -0.3 is 14.5 Å². The molecule has 2 atom stereocenters. The van der Waals surface area contributed by atoms with Crippen molar-refractivity contribution in [1.82, 2.24) is 4.90 Å². The molecule has 1 saturated carbocycles. The van der Waals surface area contributed by atoms with Gasteiger partial charge in [0, 0.05) is 18.5 Å². The molecule has 1 saturated heterocycles. The van der Waals surface area contributed by atoms with Crippen molar-refractivity contribution in [2.45, 2.75) is 39.0 Å². The number of hydrogen-bond acceptors (Lipinski definition) is 4. The van der Waals surface area contributed by atoms with Gasteiger partial charge in [0.25, 0.3) is 0 Å². The van der Waals surface area contributed by atoms with Crippen LogP contribution < -0.4 is 0 Å². The van der Waals surface area contributed by atoms with Gasteiger partial charge in [0.05, 0.1) is 11.6 Å². The van der Waals surface area contributed by atoms with Gasteiger partial charge in [0.15, 0.2) is 0 Å². The van der Waals surface area contributed by atoms with Gasteiger partial charge in [-0.1, -0.05) is 42.4 Å². The molecule has 0 radical (unpaired) electrons. The van der Waals surface area contributed by atoms with E-state index in [1.165, 1.54) is 7.11 Å². The number of halogens is 3. The number of oxime groups is 1. The summed E-state index contributed by atoms with van der Waals surface area (Å²) in [4.78, 5) is 18.7. The maximum Gasteiger partial charge on any atom is 0.410 e. The van der Waals surface area contributed by atoms with E-state index in [1.54, 1.807) is 11.8 Å². The predicted molar refractivity (Wildman–Crippen MR) is 97.6 cm³/mol. The quantitative estimate of drug-likeness (QED) is 0.698. The molecule has 1 spiro atoms. The Labute approximate surface area is 162 Å². The molecule has 1 aliphatic heterocycles. The highest BCUT2D eigenvalue weighted by Gasteiger charge is 2.60. The summed E-state index contributed by atoms with van der Waals surface area (Å²) in [5.74, 6) is -2.16. The number of carbonyl (C=O) groups excluding carboxylic acids is 1. The SMILES string of the molecule is CON=C1[C@H](C(F)(F)F)[C@@H](C)CC12CCN(C(=O)OCc1ccccc1)CC2. The lowest BCUT2D eigenvalue weighted by Gasteiger charge is -2.39. The second kappa shape index (κ2) is 8.01. The third-order valence-electron chi connectivity index (χ3n) is 5.85. The Kier molecular flexibility index (Phi) is 5.86. The minimum atomic E-state index is -4.36. The van der Waals surface area contributed by atoms with Crippen LogP contribution in [0.5, 0.6) is 0 Å². The summed E-state index contributed by atoms with van der Waals surface area (Å²) >= 11 is 0. The highest BCUT2D eigenvalue weighted by Crippen LogP contribution is 2.54. The van der Waals surface area contributed by atoms with Gasteiger partial charge in [0.1, 0.15) is 13.7 Å². The molecular formula is C20H25F3N2O3. The van der Waals surface area contributed by atoms with Crippen molar-refractivity contribution >= 4 is 11.8 Å². The minimum absolute atomic E-state index is 0.0762. The monoisotopic (exact) mass is 398 g/mol. The predicted octanol–water partition coefficient (Wildman–Crippen LogP) is 4.63. The molecule has 1 heterocycles. The lowest BCUT2D eigenvalue weighted by molar-refractivity contribution is -0.163. The smallest absolute Gasteiger partial charge is 0.410 e. The Morgan fingerprint density at radius 1 is 1.25 bits per heavy atom. The largest absolute Gasteiger partial charge is 0.445 e. The first-order chi connectivity index (χ1) is 13.3. The standard InChI is InChI=1S/C20H25F3N2O3/c1-14-12-19(17(24-27-2)16(14)20(21,22)23)8-10-25(11-9-19)18(26)28-13-15-6-4-3-5-7-15/h3-7,14,16H,8-13H2,1-2H3/t14-,16+/m0/s1. The number of nitrogens with zero attached hydrogens (tertiary/aromatic N) is 2. The van der Waals surface area contributed by atoms with E-state index in [1.807, 2.05) is 30.3 Å². The molecule has 0 N–H and O–H groups in total. The van der Waals surface area contributed by atoms with Crippen LogP contribution in [-0.2, 0) is 16.2 Å². The molecule has 154 valence electrons. The topological polar surface area (TPSA) is 51.1 Å². The van der Waals surface area contributed by atoms with Crippen molar-refractivity contribution in [2.24, 2.45) is 22.4 Å². The van der Waals surface area contributed by atoms with Crippen molar-refractivity contribution in [2.75, 3.05) is 20.2 Å². The first-order valence-corrected chi connectivity index (χ1v) is 9.41. The molecular weight excluding hydrogens is 373 g/mol. The van der Waals surface area contributed by atoms with Gasteiger partial charge in [0.2, 0.25) is 0 Å². The summed E-state index contributed by atoms with van der Waals surface area (Å²) in [6.07, 6.45) is -3.56. The molecule has 5 nitrogen and oxygen atoms in total. The highest BCUT2D eigenvalue weighted by atomic mass is 19.4. The van der Waals surface area contributed by atoms with Crippen molar-refractivity contribution in [1.29, 1.82) is 0 Å². The molecule has 1 aromatic rings.